The zero-order valence-electron chi connectivity index (χ0n) is 12.7. The molecule has 0 saturated carbocycles. The van der Waals surface area contributed by atoms with Gasteiger partial charge >= 0.3 is 5.97 Å². The molecule has 2 N–H and O–H groups in total. The van der Waals surface area contributed by atoms with Crippen LogP contribution in [0.25, 0.3) is 0 Å². The minimum atomic E-state index is -0.943. The van der Waals surface area contributed by atoms with Gasteiger partial charge in [-0.2, -0.15) is 0 Å². The lowest BCUT2D eigenvalue weighted by atomic mass is 10.1. The van der Waals surface area contributed by atoms with Crippen molar-refractivity contribution in [2.24, 2.45) is 0 Å². The summed E-state index contributed by atoms with van der Waals surface area (Å²) in [5, 5.41) is 12.7. The number of hydrogen-bond acceptors (Lipinski definition) is 4. The van der Waals surface area contributed by atoms with E-state index in [-0.39, 0.29) is 11.6 Å². The summed E-state index contributed by atoms with van der Waals surface area (Å²) < 4.78 is 0. The van der Waals surface area contributed by atoms with E-state index >= 15 is 0 Å². The molecule has 2 aromatic heterocycles. The number of pyridine rings is 1. The van der Waals surface area contributed by atoms with Gasteiger partial charge in [-0.15, -0.1) is 11.3 Å². The number of anilines is 1. The molecule has 0 spiro atoms. The number of nitrogens with one attached hydrogen (secondary N) is 1. The third kappa shape index (κ3) is 3.82. The molecule has 0 radical (unpaired) electrons. The van der Waals surface area contributed by atoms with Crippen LogP contribution in [0.1, 0.15) is 38.4 Å². The van der Waals surface area contributed by atoms with E-state index in [0.29, 0.717) is 11.4 Å². The summed E-state index contributed by atoms with van der Waals surface area (Å²) in [5.41, 5.74) is 2.27. The average molecular weight is 304 g/mol. The molecule has 0 bridgehead atoms. The Morgan fingerprint density at radius 1 is 1.38 bits per heavy atom. The fourth-order valence-corrected chi connectivity index (χ4v) is 3.44. The second-order valence-electron chi connectivity index (χ2n) is 5.34. The highest BCUT2D eigenvalue weighted by molar-refractivity contribution is 7.11. The number of carbonyl (C=O) groups is 1. The Morgan fingerprint density at radius 3 is 2.67 bits per heavy atom. The number of carboxylic acid groups (broad SMARTS) is 1. The zero-order valence-corrected chi connectivity index (χ0v) is 13.5. The van der Waals surface area contributed by atoms with Crippen molar-refractivity contribution in [2.45, 2.75) is 40.2 Å². The predicted molar refractivity (Wildman–Crippen MR) is 86.5 cm³/mol. The van der Waals surface area contributed by atoms with Crippen LogP contribution in [0.5, 0.6) is 0 Å². The van der Waals surface area contributed by atoms with Crippen molar-refractivity contribution in [1.82, 2.24) is 4.98 Å². The van der Waals surface area contributed by atoms with Gasteiger partial charge in [0.2, 0.25) is 0 Å². The maximum Gasteiger partial charge on any atom is 0.339 e. The molecule has 21 heavy (non-hydrogen) atoms. The van der Waals surface area contributed by atoms with Crippen molar-refractivity contribution < 1.29 is 9.90 Å². The second-order valence-corrected chi connectivity index (χ2v) is 6.71. The summed E-state index contributed by atoms with van der Waals surface area (Å²) in [5.74, 6) is -0.943. The number of aromatic carboxylic acids is 1. The second kappa shape index (κ2) is 6.26. The normalized spacial score (nSPS) is 12.2. The molecule has 4 nitrogen and oxygen atoms in total. The molecule has 5 heteroatoms. The van der Waals surface area contributed by atoms with E-state index in [9.17, 15) is 9.90 Å². The molecular weight excluding hydrogens is 284 g/mol. The molecule has 0 amide bonds. The summed E-state index contributed by atoms with van der Waals surface area (Å²) in [6.07, 6.45) is 0.873. The highest BCUT2D eigenvalue weighted by atomic mass is 32.1. The van der Waals surface area contributed by atoms with Gasteiger partial charge < -0.3 is 10.4 Å². The number of hydrogen-bond donors (Lipinski definition) is 2. The maximum absolute atomic E-state index is 11.4. The molecule has 112 valence electrons. The molecule has 1 unspecified atom stereocenters. The Hall–Kier alpha value is -1.88. The lowest BCUT2D eigenvalue weighted by Crippen LogP contribution is -2.20. The smallest absolute Gasteiger partial charge is 0.339 e. The SMILES string of the molecule is Cc1cc(NC(C)Cc2ccc(C)s2)c(C(=O)O)c(C)n1. The molecule has 0 fully saturated rings. The Bertz CT molecular complexity index is 664. The summed E-state index contributed by atoms with van der Waals surface area (Å²) in [4.78, 5) is 18.2. The molecule has 2 rings (SSSR count). The van der Waals surface area contributed by atoms with Crippen LogP contribution < -0.4 is 5.32 Å². The van der Waals surface area contributed by atoms with E-state index in [1.54, 1.807) is 24.3 Å². The first-order valence-corrected chi connectivity index (χ1v) is 7.72. The molecule has 0 saturated heterocycles. The summed E-state index contributed by atoms with van der Waals surface area (Å²) in [6.45, 7) is 7.75. The van der Waals surface area contributed by atoms with E-state index in [0.717, 1.165) is 12.1 Å². The van der Waals surface area contributed by atoms with Crippen molar-refractivity contribution in [2.75, 3.05) is 5.32 Å². The third-order valence-corrected chi connectivity index (χ3v) is 4.27. The lowest BCUT2D eigenvalue weighted by Gasteiger charge is -2.17. The van der Waals surface area contributed by atoms with E-state index in [1.165, 1.54) is 9.75 Å². The lowest BCUT2D eigenvalue weighted by molar-refractivity contribution is 0.0696. The number of nitrogens with zero attached hydrogens (tertiary/aromatic N) is 1. The highest BCUT2D eigenvalue weighted by Crippen LogP contribution is 2.23. The van der Waals surface area contributed by atoms with Crippen LogP contribution >= 0.6 is 11.3 Å². The topological polar surface area (TPSA) is 62.2 Å². The Labute approximate surface area is 128 Å². The maximum atomic E-state index is 11.4. The van der Waals surface area contributed by atoms with E-state index < -0.39 is 5.97 Å². The molecule has 0 aliphatic heterocycles. The van der Waals surface area contributed by atoms with Crippen LogP contribution in [0.3, 0.4) is 0 Å². The number of rotatable bonds is 5. The Kier molecular flexibility index (Phi) is 4.63. The van der Waals surface area contributed by atoms with Crippen LogP contribution in [0.15, 0.2) is 18.2 Å². The van der Waals surface area contributed by atoms with Gasteiger partial charge in [-0.05, 0) is 45.9 Å². The number of aromatic nitrogens is 1. The molecule has 2 aromatic rings. The van der Waals surface area contributed by atoms with Gasteiger partial charge in [-0.3, -0.25) is 4.98 Å². The van der Waals surface area contributed by atoms with Crippen molar-refractivity contribution in [3.8, 4) is 0 Å². The van der Waals surface area contributed by atoms with Crippen LogP contribution in [0, 0.1) is 20.8 Å². The number of carboxylic acids is 1. The monoisotopic (exact) mass is 304 g/mol. The van der Waals surface area contributed by atoms with Gasteiger partial charge in [0.1, 0.15) is 5.56 Å². The quantitative estimate of drug-likeness (QED) is 0.881. The first-order chi connectivity index (χ1) is 9.86. The number of thiophene rings is 1. The Morgan fingerprint density at radius 2 is 2.10 bits per heavy atom. The average Bonchev–Trinajstić information content (AvgIpc) is 2.72. The minimum Gasteiger partial charge on any atom is -0.478 e. The first kappa shape index (κ1) is 15.5. The summed E-state index contributed by atoms with van der Waals surface area (Å²) >= 11 is 1.77. The van der Waals surface area contributed by atoms with Gasteiger partial charge in [0.15, 0.2) is 0 Å². The van der Waals surface area contributed by atoms with Gasteiger partial charge in [0.25, 0.3) is 0 Å². The summed E-state index contributed by atoms with van der Waals surface area (Å²) in [6, 6.07) is 6.18. The summed E-state index contributed by atoms with van der Waals surface area (Å²) in [7, 11) is 0. The fourth-order valence-electron chi connectivity index (χ4n) is 2.43. The molecule has 0 aliphatic rings. The van der Waals surface area contributed by atoms with Gasteiger partial charge in [-0.25, -0.2) is 4.79 Å². The molecule has 0 aliphatic carbocycles. The van der Waals surface area contributed by atoms with Crippen molar-refractivity contribution in [1.29, 1.82) is 0 Å². The van der Waals surface area contributed by atoms with Crippen molar-refractivity contribution >= 4 is 23.0 Å². The molecule has 1 atom stereocenters. The van der Waals surface area contributed by atoms with Gasteiger partial charge in [0, 0.05) is 27.9 Å². The fraction of sp³-hybridized carbons (Fsp3) is 0.375. The van der Waals surface area contributed by atoms with E-state index in [2.05, 4.69) is 36.3 Å². The van der Waals surface area contributed by atoms with Crippen LogP contribution in [0.4, 0.5) is 5.69 Å². The van der Waals surface area contributed by atoms with Crippen LogP contribution in [0.2, 0.25) is 0 Å². The standard InChI is InChI=1S/C16H20N2O2S/c1-9(7-13-6-5-11(3)21-13)18-14-8-10(2)17-12(4)15(14)16(19)20/h5-6,8-9H,7H2,1-4H3,(H,17,18)(H,19,20). The molecule has 0 aromatic carbocycles. The van der Waals surface area contributed by atoms with E-state index in [4.69, 9.17) is 0 Å². The van der Waals surface area contributed by atoms with Gasteiger partial charge in [0.05, 0.1) is 11.4 Å². The van der Waals surface area contributed by atoms with Gasteiger partial charge in [-0.1, -0.05) is 0 Å². The van der Waals surface area contributed by atoms with E-state index in [1.807, 2.05) is 6.92 Å². The molecular formula is C16H20N2O2S. The van der Waals surface area contributed by atoms with Crippen LogP contribution in [-0.4, -0.2) is 22.1 Å². The third-order valence-electron chi connectivity index (χ3n) is 3.25. The Balaban J connectivity index is 2.20. The highest BCUT2D eigenvalue weighted by Gasteiger charge is 2.17. The number of aryl methyl sites for hydroxylation is 3. The minimum absolute atomic E-state index is 0.155. The van der Waals surface area contributed by atoms with Crippen LogP contribution in [-0.2, 0) is 6.42 Å². The zero-order chi connectivity index (χ0) is 15.6. The molecule has 2 heterocycles. The first-order valence-electron chi connectivity index (χ1n) is 6.90. The largest absolute Gasteiger partial charge is 0.478 e. The predicted octanol–water partition coefficient (Wildman–Crippen LogP) is 3.81. The van der Waals surface area contributed by atoms with Crippen molar-refractivity contribution in [3.05, 3.63) is 44.9 Å². The van der Waals surface area contributed by atoms with Crippen molar-refractivity contribution in [3.63, 3.8) is 0 Å².